The van der Waals surface area contributed by atoms with E-state index in [2.05, 4.69) is 25.9 Å². The zero-order valence-electron chi connectivity index (χ0n) is 14.3. The zero-order valence-corrected chi connectivity index (χ0v) is 14.3. The predicted molar refractivity (Wildman–Crippen MR) is 86.5 cm³/mol. The van der Waals surface area contributed by atoms with Gasteiger partial charge >= 0.3 is 5.97 Å². The molecule has 0 unspecified atom stereocenters. The van der Waals surface area contributed by atoms with Crippen molar-refractivity contribution in [2.45, 2.75) is 90.6 Å². The molecule has 22 heavy (non-hydrogen) atoms. The fraction of sp³-hybridized carbons (Fsp3) is 0.889. The minimum Gasteiger partial charge on any atom is -0.315 e. The molecule has 126 valence electrons. The lowest BCUT2D eigenvalue weighted by Crippen LogP contribution is -2.37. The Labute approximate surface area is 133 Å². The summed E-state index contributed by atoms with van der Waals surface area (Å²) in [6.45, 7) is 6.86. The Morgan fingerprint density at radius 3 is 2.41 bits per heavy atom. The largest absolute Gasteiger partial charge is 0.371 e. The minimum atomic E-state index is -1.80. The van der Waals surface area contributed by atoms with Gasteiger partial charge in [0.25, 0.3) is 0 Å². The number of oxime groups is 1. The molecule has 0 aliphatic heterocycles. The van der Waals surface area contributed by atoms with Gasteiger partial charge < -0.3 is 4.84 Å². The van der Waals surface area contributed by atoms with E-state index in [-0.39, 0.29) is 12.8 Å². The van der Waals surface area contributed by atoms with E-state index in [1.807, 2.05) is 0 Å². The molecule has 0 spiro atoms. The fourth-order valence-electron chi connectivity index (χ4n) is 3.62. The van der Waals surface area contributed by atoms with Gasteiger partial charge in [0.2, 0.25) is 5.67 Å². The van der Waals surface area contributed by atoms with E-state index in [1.165, 1.54) is 6.42 Å². The summed E-state index contributed by atoms with van der Waals surface area (Å²) in [5.41, 5.74) is -0.535. The van der Waals surface area contributed by atoms with Crippen molar-refractivity contribution in [1.82, 2.24) is 0 Å². The molecular formula is C18H30FNO2. The van der Waals surface area contributed by atoms with Crippen LogP contribution in [0, 0.1) is 11.3 Å². The third-order valence-corrected chi connectivity index (χ3v) is 5.85. The van der Waals surface area contributed by atoms with Crippen LogP contribution < -0.4 is 0 Å². The highest BCUT2D eigenvalue weighted by Gasteiger charge is 2.42. The third-order valence-electron chi connectivity index (χ3n) is 5.85. The van der Waals surface area contributed by atoms with Crippen LogP contribution in [0.4, 0.5) is 4.39 Å². The third kappa shape index (κ3) is 4.08. The highest BCUT2D eigenvalue weighted by Crippen LogP contribution is 2.40. The average Bonchev–Trinajstić information content (AvgIpc) is 2.53. The highest BCUT2D eigenvalue weighted by atomic mass is 19.1. The molecule has 0 saturated heterocycles. The maximum atomic E-state index is 14.4. The molecule has 4 heteroatoms. The molecule has 0 bridgehead atoms. The first-order valence-corrected chi connectivity index (χ1v) is 8.83. The number of carbonyl (C=O) groups is 1. The smallest absolute Gasteiger partial charge is 0.315 e. The van der Waals surface area contributed by atoms with E-state index in [0.717, 1.165) is 50.7 Å². The molecule has 0 heterocycles. The molecule has 0 amide bonds. The van der Waals surface area contributed by atoms with E-state index in [1.54, 1.807) is 0 Å². The molecule has 2 aliphatic carbocycles. The van der Waals surface area contributed by atoms with Crippen molar-refractivity contribution in [3.8, 4) is 0 Å². The Morgan fingerprint density at radius 1 is 1.27 bits per heavy atom. The molecule has 2 rings (SSSR count). The second-order valence-corrected chi connectivity index (χ2v) is 7.68. The second-order valence-electron chi connectivity index (χ2n) is 7.68. The molecule has 0 radical (unpaired) electrons. The van der Waals surface area contributed by atoms with E-state index in [4.69, 9.17) is 4.84 Å². The Balaban J connectivity index is 1.84. The molecule has 2 fully saturated rings. The summed E-state index contributed by atoms with van der Waals surface area (Å²) in [4.78, 5) is 16.9. The molecule has 0 aromatic carbocycles. The van der Waals surface area contributed by atoms with Crippen molar-refractivity contribution in [3.05, 3.63) is 0 Å². The van der Waals surface area contributed by atoms with E-state index in [9.17, 15) is 9.18 Å². The predicted octanol–water partition coefficient (Wildman–Crippen LogP) is 5.18. The first-order valence-electron chi connectivity index (χ1n) is 8.83. The monoisotopic (exact) mass is 311 g/mol. The van der Waals surface area contributed by atoms with E-state index >= 15 is 0 Å². The van der Waals surface area contributed by atoms with Crippen molar-refractivity contribution >= 4 is 11.7 Å². The quantitative estimate of drug-likeness (QED) is 0.529. The summed E-state index contributed by atoms with van der Waals surface area (Å²) in [5.74, 6) is -0.0891. The lowest BCUT2D eigenvalue weighted by Gasteiger charge is -2.36. The van der Waals surface area contributed by atoms with Crippen LogP contribution in [0.2, 0.25) is 0 Å². The van der Waals surface area contributed by atoms with E-state index < -0.39 is 11.6 Å². The minimum absolute atomic E-state index is 0.281. The Hall–Kier alpha value is -0.930. The summed E-state index contributed by atoms with van der Waals surface area (Å²) in [6.07, 6.45) is 8.14. The normalized spacial score (nSPS) is 25.6. The van der Waals surface area contributed by atoms with Crippen LogP contribution in [-0.4, -0.2) is 17.3 Å². The van der Waals surface area contributed by atoms with Gasteiger partial charge in [-0.15, -0.1) is 0 Å². The van der Waals surface area contributed by atoms with Crippen LogP contribution in [0.3, 0.4) is 0 Å². The molecule has 2 saturated carbocycles. The van der Waals surface area contributed by atoms with Gasteiger partial charge in [0, 0.05) is 0 Å². The first kappa shape index (κ1) is 17.4. The molecule has 0 aromatic rings. The van der Waals surface area contributed by atoms with Crippen molar-refractivity contribution < 1.29 is 14.0 Å². The van der Waals surface area contributed by atoms with Gasteiger partial charge in [-0.3, -0.25) is 0 Å². The number of alkyl halides is 1. The van der Waals surface area contributed by atoms with Gasteiger partial charge in [-0.25, -0.2) is 9.18 Å². The van der Waals surface area contributed by atoms with Gasteiger partial charge in [0.05, 0.1) is 5.71 Å². The van der Waals surface area contributed by atoms with Gasteiger partial charge in [-0.1, -0.05) is 38.8 Å². The molecule has 0 atom stereocenters. The summed E-state index contributed by atoms with van der Waals surface area (Å²) in [7, 11) is 0. The van der Waals surface area contributed by atoms with E-state index in [0.29, 0.717) is 11.3 Å². The number of hydrogen-bond acceptors (Lipinski definition) is 3. The Morgan fingerprint density at radius 2 is 1.86 bits per heavy atom. The van der Waals surface area contributed by atoms with Crippen molar-refractivity contribution in [2.24, 2.45) is 16.5 Å². The molecule has 0 aromatic heterocycles. The van der Waals surface area contributed by atoms with Crippen LogP contribution in [0.25, 0.3) is 0 Å². The van der Waals surface area contributed by atoms with Crippen molar-refractivity contribution in [2.75, 3.05) is 0 Å². The highest BCUT2D eigenvalue weighted by molar-refractivity contribution is 5.86. The Kier molecular flexibility index (Phi) is 5.62. The lowest BCUT2D eigenvalue weighted by molar-refractivity contribution is -0.160. The maximum Gasteiger partial charge on any atom is 0.371 e. The molecule has 2 aliphatic rings. The topological polar surface area (TPSA) is 38.7 Å². The first-order chi connectivity index (χ1) is 10.4. The van der Waals surface area contributed by atoms with Crippen molar-refractivity contribution in [3.63, 3.8) is 0 Å². The number of carbonyl (C=O) groups excluding carboxylic acids is 1. The van der Waals surface area contributed by atoms with Crippen LogP contribution in [0.15, 0.2) is 5.16 Å². The number of halogens is 1. The van der Waals surface area contributed by atoms with Gasteiger partial charge in [-0.2, -0.15) is 0 Å². The maximum absolute atomic E-state index is 14.4. The summed E-state index contributed by atoms with van der Waals surface area (Å²) in [5, 5.41) is 3.97. The van der Waals surface area contributed by atoms with Crippen LogP contribution in [-0.2, 0) is 9.63 Å². The van der Waals surface area contributed by atoms with Crippen molar-refractivity contribution in [1.29, 1.82) is 0 Å². The number of nitrogens with zero attached hydrogens (tertiary/aromatic N) is 1. The standard InChI is InChI=1S/C18H30FNO2/c1-4-17(2,3)14-8-10-15(11-9-14)20-22-16(21)18(19)12-6-5-7-13-18/h14H,4-13H2,1-3H3. The summed E-state index contributed by atoms with van der Waals surface area (Å²) < 4.78 is 14.4. The van der Waals surface area contributed by atoms with Gasteiger partial charge in [0.15, 0.2) is 0 Å². The SMILES string of the molecule is CCC(C)(C)C1CCC(=NOC(=O)C2(F)CCCCC2)CC1. The van der Waals surface area contributed by atoms with Crippen LogP contribution >= 0.6 is 0 Å². The second kappa shape index (κ2) is 7.10. The zero-order chi connectivity index (χ0) is 16.2. The van der Waals surface area contributed by atoms with Gasteiger partial charge in [-0.05, 0) is 62.7 Å². The average molecular weight is 311 g/mol. The summed E-state index contributed by atoms with van der Waals surface area (Å²) >= 11 is 0. The van der Waals surface area contributed by atoms with Crippen LogP contribution in [0.5, 0.6) is 0 Å². The Bertz CT molecular complexity index is 415. The fourth-order valence-corrected chi connectivity index (χ4v) is 3.62. The number of rotatable bonds is 4. The molecular weight excluding hydrogens is 281 g/mol. The van der Waals surface area contributed by atoms with Gasteiger partial charge in [0.1, 0.15) is 0 Å². The van der Waals surface area contributed by atoms with Crippen LogP contribution in [0.1, 0.15) is 85.0 Å². The lowest BCUT2D eigenvalue weighted by atomic mass is 9.69. The molecule has 3 nitrogen and oxygen atoms in total. The molecule has 0 N–H and O–H groups in total. The summed E-state index contributed by atoms with van der Waals surface area (Å²) in [6, 6.07) is 0. The number of hydrogen-bond donors (Lipinski definition) is 0.